The van der Waals surface area contributed by atoms with E-state index in [1.165, 1.54) is 21.3 Å². The van der Waals surface area contributed by atoms with E-state index in [0.29, 0.717) is 36.5 Å². The summed E-state index contributed by atoms with van der Waals surface area (Å²) in [5, 5.41) is 7.35. The largest absolute Gasteiger partial charge is 0.445 e. The van der Waals surface area contributed by atoms with Gasteiger partial charge < -0.3 is 9.84 Å². The molecule has 1 unspecified atom stereocenters. The zero-order valence-corrected chi connectivity index (χ0v) is 17.8. The van der Waals surface area contributed by atoms with Gasteiger partial charge >= 0.3 is 5.69 Å². The lowest BCUT2D eigenvalue weighted by molar-refractivity contribution is 0.277. The quantitative estimate of drug-likeness (QED) is 0.554. The zero-order chi connectivity index (χ0) is 22.7. The molecule has 0 saturated heterocycles. The summed E-state index contributed by atoms with van der Waals surface area (Å²) in [5.74, 6) is 0.216. The molecule has 3 aromatic rings. The zero-order valence-electron chi connectivity index (χ0n) is 17.8. The lowest BCUT2D eigenvalue weighted by Gasteiger charge is -2.26. The first-order chi connectivity index (χ1) is 15.5. The van der Waals surface area contributed by atoms with Gasteiger partial charge in [-0.15, -0.1) is 0 Å². The summed E-state index contributed by atoms with van der Waals surface area (Å²) in [6, 6.07) is 15.6. The molecule has 0 saturated carbocycles. The minimum absolute atomic E-state index is 0.132. The maximum Gasteiger partial charge on any atom is 0.332 e. The van der Waals surface area contributed by atoms with Crippen LogP contribution in [0.25, 0.3) is 0 Å². The molecule has 1 aliphatic heterocycles. The average molecular weight is 438 g/mol. The third-order valence-electron chi connectivity index (χ3n) is 5.53. The van der Waals surface area contributed by atoms with Crippen molar-refractivity contribution in [1.29, 1.82) is 0 Å². The first kappa shape index (κ1) is 21.7. The van der Waals surface area contributed by atoms with Crippen LogP contribution < -0.4 is 16.0 Å². The highest BCUT2D eigenvalue weighted by atomic mass is 19.1. The molecule has 0 fully saturated rings. The SMILES string of the molecule is Cn1c2c(c(=O)n(CCC[OH2+])c1=O)CC(Cc1ccccc1)C(Oc1cccc(F)c1)=N2. The molecule has 1 atom stereocenters. The number of hydrogen-bond acceptors (Lipinski definition) is 4. The lowest BCUT2D eigenvalue weighted by Crippen LogP contribution is -2.43. The number of benzene rings is 2. The van der Waals surface area contributed by atoms with E-state index in [-0.39, 0.29) is 30.4 Å². The van der Waals surface area contributed by atoms with E-state index in [0.717, 1.165) is 5.56 Å². The van der Waals surface area contributed by atoms with Gasteiger partial charge in [-0.1, -0.05) is 36.4 Å². The van der Waals surface area contributed by atoms with Crippen LogP contribution in [-0.4, -0.2) is 26.7 Å². The van der Waals surface area contributed by atoms with Crippen molar-refractivity contribution in [1.82, 2.24) is 9.13 Å². The van der Waals surface area contributed by atoms with Crippen molar-refractivity contribution in [2.45, 2.75) is 25.8 Å². The summed E-state index contributed by atoms with van der Waals surface area (Å²) < 4.78 is 22.2. The molecule has 1 aliphatic rings. The van der Waals surface area contributed by atoms with Crippen LogP contribution in [0.2, 0.25) is 0 Å². The van der Waals surface area contributed by atoms with Gasteiger partial charge in [-0.2, -0.15) is 4.99 Å². The Hall–Kier alpha value is -3.52. The van der Waals surface area contributed by atoms with Gasteiger partial charge in [-0.25, -0.2) is 9.18 Å². The van der Waals surface area contributed by atoms with Gasteiger partial charge in [0.15, 0.2) is 5.90 Å². The Morgan fingerprint density at radius 2 is 1.94 bits per heavy atom. The van der Waals surface area contributed by atoms with E-state index in [2.05, 4.69) is 4.99 Å². The van der Waals surface area contributed by atoms with Crippen LogP contribution >= 0.6 is 0 Å². The summed E-state index contributed by atoms with van der Waals surface area (Å²) in [5.41, 5.74) is 0.654. The minimum atomic E-state index is -0.474. The number of aromatic nitrogens is 2. The molecular weight excluding hydrogens is 413 g/mol. The molecule has 2 heterocycles. The molecule has 0 aliphatic carbocycles. The van der Waals surface area contributed by atoms with Crippen molar-refractivity contribution in [3.05, 3.63) is 92.4 Å². The van der Waals surface area contributed by atoms with Gasteiger partial charge in [0.25, 0.3) is 5.56 Å². The van der Waals surface area contributed by atoms with Gasteiger partial charge in [-0.3, -0.25) is 13.9 Å². The molecule has 8 heteroatoms. The van der Waals surface area contributed by atoms with Crippen molar-refractivity contribution in [2.24, 2.45) is 18.0 Å². The summed E-state index contributed by atoms with van der Waals surface area (Å²) in [7, 11) is 1.57. The number of halogens is 1. The third kappa shape index (κ3) is 4.40. The van der Waals surface area contributed by atoms with E-state index in [1.54, 1.807) is 19.2 Å². The van der Waals surface area contributed by atoms with E-state index in [1.807, 2.05) is 30.3 Å². The van der Waals surface area contributed by atoms with Gasteiger partial charge in [0.05, 0.1) is 5.56 Å². The highest BCUT2D eigenvalue weighted by Gasteiger charge is 2.30. The molecule has 0 amide bonds. The normalized spacial score (nSPS) is 15.2. The fourth-order valence-electron chi connectivity index (χ4n) is 3.92. The average Bonchev–Trinajstić information content (AvgIpc) is 2.79. The first-order valence-electron chi connectivity index (χ1n) is 10.5. The molecule has 166 valence electrons. The summed E-state index contributed by atoms with van der Waals surface area (Å²) in [4.78, 5) is 30.5. The molecule has 2 N–H and O–H groups in total. The van der Waals surface area contributed by atoms with E-state index in [9.17, 15) is 14.0 Å². The highest BCUT2D eigenvalue weighted by molar-refractivity contribution is 5.86. The molecule has 1 aromatic heterocycles. The Balaban J connectivity index is 1.80. The highest BCUT2D eigenvalue weighted by Crippen LogP contribution is 2.29. The Morgan fingerprint density at radius 3 is 2.66 bits per heavy atom. The topological polar surface area (TPSA) is 88.5 Å². The fraction of sp³-hybridized carbons (Fsp3) is 0.292. The molecule has 0 spiro atoms. The van der Waals surface area contributed by atoms with Gasteiger partial charge in [0.2, 0.25) is 0 Å². The first-order valence-corrected chi connectivity index (χ1v) is 10.5. The van der Waals surface area contributed by atoms with Crippen LogP contribution in [0.4, 0.5) is 10.2 Å². The maximum absolute atomic E-state index is 13.7. The summed E-state index contributed by atoms with van der Waals surface area (Å²) >= 11 is 0. The number of aliphatic imine (C=N–C) groups is 1. The van der Waals surface area contributed by atoms with Crippen LogP contribution in [0.5, 0.6) is 5.75 Å². The summed E-state index contributed by atoms with van der Waals surface area (Å²) in [6.45, 7) is 0.328. The second-order valence-corrected chi connectivity index (χ2v) is 7.80. The third-order valence-corrected chi connectivity index (χ3v) is 5.53. The second-order valence-electron chi connectivity index (χ2n) is 7.80. The molecule has 0 radical (unpaired) electrons. The van der Waals surface area contributed by atoms with E-state index in [4.69, 9.17) is 9.84 Å². The molecular formula is C24H25FN3O4+. The molecule has 2 aromatic carbocycles. The number of fused-ring (bicyclic) bond motifs is 1. The number of nitrogens with zero attached hydrogens (tertiary/aromatic N) is 3. The fourth-order valence-corrected chi connectivity index (χ4v) is 3.92. The summed E-state index contributed by atoms with van der Waals surface area (Å²) in [6.07, 6.45) is 1.33. The molecule has 4 rings (SSSR count). The van der Waals surface area contributed by atoms with Crippen molar-refractivity contribution in [3.63, 3.8) is 0 Å². The standard InChI is InChI=1S/C24H24FN3O4/c1-27-21-20(23(30)28(24(27)31)11-6-12-29)14-17(13-16-7-3-2-4-8-16)22(26-21)32-19-10-5-9-18(25)15-19/h2-5,7-10,15,17,29H,6,11-14H2,1H3/p+1. The smallest absolute Gasteiger partial charge is 0.332 e. The van der Waals surface area contributed by atoms with Gasteiger partial charge in [-0.05, 0) is 30.5 Å². The number of rotatable bonds is 6. The van der Waals surface area contributed by atoms with Crippen molar-refractivity contribution in [2.75, 3.05) is 6.61 Å². The Bertz CT molecular complexity index is 1260. The minimum Gasteiger partial charge on any atom is -0.445 e. The molecule has 0 bridgehead atoms. The van der Waals surface area contributed by atoms with Crippen LogP contribution in [0.3, 0.4) is 0 Å². The second kappa shape index (κ2) is 9.32. The van der Waals surface area contributed by atoms with Gasteiger partial charge in [0, 0.05) is 32.0 Å². The predicted octanol–water partition coefficient (Wildman–Crippen LogP) is 2.32. The van der Waals surface area contributed by atoms with E-state index < -0.39 is 11.5 Å². The Morgan fingerprint density at radius 1 is 1.16 bits per heavy atom. The van der Waals surface area contributed by atoms with E-state index >= 15 is 0 Å². The van der Waals surface area contributed by atoms with Crippen LogP contribution in [0.15, 0.2) is 69.2 Å². The maximum atomic E-state index is 13.7. The van der Waals surface area contributed by atoms with Crippen molar-refractivity contribution >= 4 is 11.7 Å². The van der Waals surface area contributed by atoms with Crippen molar-refractivity contribution in [3.8, 4) is 5.75 Å². The van der Waals surface area contributed by atoms with Crippen molar-refractivity contribution < 1.29 is 14.2 Å². The number of ether oxygens (including phenoxy) is 1. The number of hydrogen-bond donors (Lipinski definition) is 0. The van der Waals surface area contributed by atoms with Crippen LogP contribution in [0.1, 0.15) is 17.5 Å². The van der Waals surface area contributed by atoms with Crippen LogP contribution in [0, 0.1) is 11.7 Å². The Kier molecular flexibility index (Phi) is 6.32. The predicted molar refractivity (Wildman–Crippen MR) is 121 cm³/mol. The molecule has 32 heavy (non-hydrogen) atoms. The monoisotopic (exact) mass is 438 g/mol. The van der Waals surface area contributed by atoms with Gasteiger partial charge in [0.1, 0.15) is 24.0 Å². The van der Waals surface area contributed by atoms with Crippen LogP contribution in [-0.2, 0) is 26.4 Å². The molecule has 7 nitrogen and oxygen atoms in total. The lowest BCUT2D eigenvalue weighted by atomic mass is 9.91. The Labute approximate surface area is 184 Å².